The van der Waals surface area contributed by atoms with E-state index in [1.165, 1.54) is 0 Å². The molecule has 0 heterocycles. The zero-order valence-electron chi connectivity index (χ0n) is 8.76. The fourth-order valence-corrected chi connectivity index (χ4v) is 1.82. The van der Waals surface area contributed by atoms with Gasteiger partial charge in [-0.15, -0.1) is 0 Å². The molecule has 1 aromatic rings. The Balaban J connectivity index is 2.96. The van der Waals surface area contributed by atoms with Crippen molar-refractivity contribution in [2.24, 2.45) is 0 Å². The van der Waals surface area contributed by atoms with E-state index >= 15 is 0 Å². The van der Waals surface area contributed by atoms with Gasteiger partial charge in [-0.3, -0.25) is 4.79 Å². The molecule has 0 radical (unpaired) electrons. The van der Waals surface area contributed by atoms with Gasteiger partial charge < -0.3 is 4.90 Å². The summed E-state index contributed by atoms with van der Waals surface area (Å²) in [7, 11) is 0. The average molecular weight is 291 g/mol. The summed E-state index contributed by atoms with van der Waals surface area (Å²) in [5, 5.41) is 0.617. The van der Waals surface area contributed by atoms with Crippen LogP contribution in [0.25, 0.3) is 0 Å². The zero-order valence-corrected chi connectivity index (χ0v) is 11.1. The lowest BCUT2D eigenvalue weighted by Gasteiger charge is -2.18. The Hall–Kier alpha value is -0.540. The smallest absolute Gasteiger partial charge is 0.253 e. The second kappa shape index (κ2) is 5.52. The van der Waals surface area contributed by atoms with Crippen molar-refractivity contribution in [3.8, 4) is 0 Å². The molecule has 0 bridgehead atoms. The predicted molar refractivity (Wildman–Crippen MR) is 66.4 cm³/mol. The third-order valence-electron chi connectivity index (χ3n) is 2.22. The van der Waals surface area contributed by atoms with Crippen LogP contribution in [0.2, 0.25) is 5.02 Å². The highest BCUT2D eigenvalue weighted by Crippen LogP contribution is 2.23. The normalized spacial score (nSPS) is 10.1. The van der Waals surface area contributed by atoms with Gasteiger partial charge in [0.2, 0.25) is 0 Å². The number of carbonyl (C=O) groups is 1. The Kier molecular flexibility index (Phi) is 4.61. The van der Waals surface area contributed by atoms with Gasteiger partial charge in [0.15, 0.2) is 0 Å². The molecule has 0 spiro atoms. The lowest BCUT2D eigenvalue weighted by atomic mass is 10.2. The van der Waals surface area contributed by atoms with Gasteiger partial charge in [0, 0.05) is 23.1 Å². The van der Waals surface area contributed by atoms with Crippen molar-refractivity contribution in [3.63, 3.8) is 0 Å². The molecule has 0 fully saturated rings. The monoisotopic (exact) mass is 289 g/mol. The van der Waals surface area contributed by atoms with Crippen LogP contribution in [0.4, 0.5) is 0 Å². The highest BCUT2D eigenvalue weighted by molar-refractivity contribution is 9.10. The zero-order chi connectivity index (χ0) is 11.4. The molecule has 0 aliphatic heterocycles. The summed E-state index contributed by atoms with van der Waals surface area (Å²) in [6.07, 6.45) is 0. The van der Waals surface area contributed by atoms with Gasteiger partial charge in [0.25, 0.3) is 5.91 Å². The van der Waals surface area contributed by atoms with E-state index in [0.717, 1.165) is 17.6 Å². The maximum absolute atomic E-state index is 11.9. The topological polar surface area (TPSA) is 20.3 Å². The summed E-state index contributed by atoms with van der Waals surface area (Å²) in [4.78, 5) is 13.7. The molecule has 0 aliphatic rings. The van der Waals surface area contributed by atoms with Gasteiger partial charge in [-0.2, -0.15) is 0 Å². The van der Waals surface area contributed by atoms with E-state index in [9.17, 15) is 4.79 Å². The minimum atomic E-state index is 0.0392. The predicted octanol–water partition coefficient (Wildman–Crippen LogP) is 3.58. The molecule has 0 aliphatic carbocycles. The van der Waals surface area contributed by atoms with Crippen LogP contribution in [0.5, 0.6) is 0 Å². The first-order chi connectivity index (χ1) is 7.10. The first-order valence-electron chi connectivity index (χ1n) is 4.84. The van der Waals surface area contributed by atoms with Gasteiger partial charge >= 0.3 is 0 Å². The standard InChI is InChI=1S/C11H13BrClNO/c1-3-14(4-2)11(15)8-5-6-10(13)9(12)7-8/h5-7H,3-4H2,1-2H3. The SMILES string of the molecule is CCN(CC)C(=O)c1ccc(Cl)c(Br)c1. The van der Waals surface area contributed by atoms with E-state index in [1.807, 2.05) is 13.8 Å². The van der Waals surface area contributed by atoms with Crippen molar-refractivity contribution in [1.29, 1.82) is 0 Å². The maximum Gasteiger partial charge on any atom is 0.253 e. The molecule has 15 heavy (non-hydrogen) atoms. The number of nitrogens with zero attached hydrogens (tertiary/aromatic N) is 1. The van der Waals surface area contributed by atoms with Gasteiger partial charge in [-0.25, -0.2) is 0 Å². The van der Waals surface area contributed by atoms with E-state index < -0.39 is 0 Å². The lowest BCUT2D eigenvalue weighted by Crippen LogP contribution is -2.30. The molecule has 0 unspecified atom stereocenters. The van der Waals surface area contributed by atoms with Crippen molar-refractivity contribution < 1.29 is 4.79 Å². The molecular weight excluding hydrogens is 277 g/mol. The average Bonchev–Trinajstić information content (AvgIpc) is 2.23. The molecule has 1 rings (SSSR count). The Morgan fingerprint density at radius 3 is 2.47 bits per heavy atom. The van der Waals surface area contributed by atoms with Crippen LogP contribution in [0.3, 0.4) is 0 Å². The van der Waals surface area contributed by atoms with E-state index in [2.05, 4.69) is 15.9 Å². The number of benzene rings is 1. The largest absolute Gasteiger partial charge is 0.339 e. The van der Waals surface area contributed by atoms with Gasteiger partial charge in [-0.1, -0.05) is 11.6 Å². The van der Waals surface area contributed by atoms with Crippen LogP contribution in [0, 0.1) is 0 Å². The molecule has 0 saturated heterocycles. The van der Waals surface area contributed by atoms with Gasteiger partial charge in [-0.05, 0) is 48.0 Å². The van der Waals surface area contributed by atoms with Crippen molar-refractivity contribution in [2.75, 3.05) is 13.1 Å². The Labute approximate surface area is 103 Å². The van der Waals surface area contributed by atoms with E-state index in [1.54, 1.807) is 23.1 Å². The number of rotatable bonds is 3. The molecule has 1 amide bonds. The minimum Gasteiger partial charge on any atom is -0.339 e. The van der Waals surface area contributed by atoms with Crippen molar-refractivity contribution in [1.82, 2.24) is 4.90 Å². The van der Waals surface area contributed by atoms with Crippen LogP contribution in [0.15, 0.2) is 22.7 Å². The van der Waals surface area contributed by atoms with Crippen LogP contribution < -0.4 is 0 Å². The Morgan fingerprint density at radius 1 is 1.40 bits per heavy atom. The number of hydrogen-bond acceptors (Lipinski definition) is 1. The van der Waals surface area contributed by atoms with E-state index in [-0.39, 0.29) is 5.91 Å². The van der Waals surface area contributed by atoms with Crippen LogP contribution in [0.1, 0.15) is 24.2 Å². The first kappa shape index (κ1) is 12.5. The Morgan fingerprint density at radius 2 is 2.00 bits per heavy atom. The summed E-state index contributed by atoms with van der Waals surface area (Å²) in [5.74, 6) is 0.0392. The van der Waals surface area contributed by atoms with Gasteiger partial charge in [0.1, 0.15) is 0 Å². The minimum absolute atomic E-state index is 0.0392. The molecule has 82 valence electrons. The van der Waals surface area contributed by atoms with Crippen molar-refractivity contribution in [2.45, 2.75) is 13.8 Å². The molecule has 4 heteroatoms. The van der Waals surface area contributed by atoms with Crippen LogP contribution >= 0.6 is 27.5 Å². The van der Waals surface area contributed by atoms with Crippen LogP contribution in [-0.2, 0) is 0 Å². The third-order valence-corrected chi connectivity index (χ3v) is 3.43. The fraction of sp³-hybridized carbons (Fsp3) is 0.364. The summed E-state index contributed by atoms with van der Waals surface area (Å²) in [6.45, 7) is 5.36. The highest BCUT2D eigenvalue weighted by atomic mass is 79.9. The van der Waals surface area contributed by atoms with Crippen LogP contribution in [-0.4, -0.2) is 23.9 Å². The second-order valence-electron chi connectivity index (χ2n) is 3.11. The number of carbonyl (C=O) groups excluding carboxylic acids is 1. The molecule has 0 saturated carbocycles. The molecular formula is C11H13BrClNO. The molecule has 2 nitrogen and oxygen atoms in total. The molecule has 1 aromatic carbocycles. The molecule has 0 aromatic heterocycles. The number of amides is 1. The summed E-state index contributed by atoms with van der Waals surface area (Å²) >= 11 is 9.17. The summed E-state index contributed by atoms with van der Waals surface area (Å²) in [6, 6.07) is 5.22. The number of hydrogen-bond donors (Lipinski definition) is 0. The highest BCUT2D eigenvalue weighted by Gasteiger charge is 2.13. The van der Waals surface area contributed by atoms with Crippen molar-refractivity contribution >= 4 is 33.4 Å². The first-order valence-corrected chi connectivity index (χ1v) is 6.01. The lowest BCUT2D eigenvalue weighted by molar-refractivity contribution is 0.0773. The molecule has 0 N–H and O–H groups in total. The van der Waals surface area contributed by atoms with E-state index in [0.29, 0.717) is 10.6 Å². The molecule has 0 atom stereocenters. The fourth-order valence-electron chi connectivity index (χ4n) is 1.32. The summed E-state index contributed by atoms with van der Waals surface area (Å²) < 4.78 is 0.752. The quantitative estimate of drug-likeness (QED) is 0.833. The maximum atomic E-state index is 11.9. The van der Waals surface area contributed by atoms with E-state index in [4.69, 9.17) is 11.6 Å². The Bertz CT molecular complexity index is 364. The van der Waals surface area contributed by atoms with Crippen molar-refractivity contribution in [3.05, 3.63) is 33.3 Å². The third kappa shape index (κ3) is 2.95. The van der Waals surface area contributed by atoms with Gasteiger partial charge in [0.05, 0.1) is 5.02 Å². The summed E-state index contributed by atoms with van der Waals surface area (Å²) in [5.41, 5.74) is 0.662. The second-order valence-corrected chi connectivity index (χ2v) is 4.37. The number of halogens is 2.